The van der Waals surface area contributed by atoms with Gasteiger partial charge < -0.3 is 11.1 Å². The summed E-state index contributed by atoms with van der Waals surface area (Å²) in [5.41, 5.74) is 10.4. The first-order valence-corrected chi connectivity index (χ1v) is 9.57. The van der Waals surface area contributed by atoms with Crippen LogP contribution in [0.25, 0.3) is 10.4 Å². The van der Waals surface area contributed by atoms with Gasteiger partial charge in [-0.2, -0.15) is 0 Å². The first-order chi connectivity index (χ1) is 11.6. The van der Waals surface area contributed by atoms with Crippen LogP contribution in [-0.4, -0.2) is 17.6 Å². The van der Waals surface area contributed by atoms with Crippen molar-refractivity contribution in [3.05, 3.63) is 53.8 Å². The van der Waals surface area contributed by atoms with Crippen LogP contribution in [0.4, 0.5) is 0 Å². The molecule has 0 aliphatic carbocycles. The Labute approximate surface area is 151 Å². The standard InChI is InChI=1S/C16H20N2S.C2H5N.C2H6/c1-11-7-15(17-9-11)8-13-3-5-14(6-4-13)16-12(2)18-10-19-16;1-2-3;1-2/h3-6,10-11,15,17H,7-9H2,1-2H3;2H,1,3H2;1-2H3. The SMILES string of the molecule is C=CN.CC.Cc1ncsc1-c1ccc(CC2CC(C)CN2)cc1. The number of nitrogens with two attached hydrogens (primary N) is 1. The van der Waals surface area contributed by atoms with E-state index in [-0.39, 0.29) is 0 Å². The maximum absolute atomic E-state index is 4.61. The Hall–Kier alpha value is -1.65. The average Bonchev–Trinajstić information content (AvgIpc) is 3.19. The van der Waals surface area contributed by atoms with E-state index >= 15 is 0 Å². The zero-order valence-electron chi connectivity index (χ0n) is 15.4. The second kappa shape index (κ2) is 11.0. The molecule has 0 spiro atoms. The lowest BCUT2D eigenvalue weighted by Gasteiger charge is -2.10. The monoisotopic (exact) mass is 345 g/mol. The van der Waals surface area contributed by atoms with Gasteiger partial charge in [0.15, 0.2) is 0 Å². The van der Waals surface area contributed by atoms with Crippen LogP contribution in [0.15, 0.2) is 42.6 Å². The third-order valence-electron chi connectivity index (χ3n) is 3.89. The van der Waals surface area contributed by atoms with E-state index in [0.29, 0.717) is 6.04 Å². The fourth-order valence-electron chi connectivity index (χ4n) is 2.83. The van der Waals surface area contributed by atoms with Gasteiger partial charge in [0.1, 0.15) is 0 Å². The van der Waals surface area contributed by atoms with Crippen LogP contribution in [0, 0.1) is 12.8 Å². The minimum absolute atomic E-state index is 0.658. The molecule has 1 fully saturated rings. The molecule has 1 saturated heterocycles. The van der Waals surface area contributed by atoms with Gasteiger partial charge in [-0.05, 0) is 49.6 Å². The van der Waals surface area contributed by atoms with E-state index < -0.39 is 0 Å². The van der Waals surface area contributed by atoms with Gasteiger partial charge in [0, 0.05) is 6.04 Å². The fraction of sp³-hybridized carbons (Fsp3) is 0.450. The third kappa shape index (κ3) is 6.10. The topological polar surface area (TPSA) is 50.9 Å². The molecule has 2 unspecified atom stereocenters. The predicted molar refractivity (Wildman–Crippen MR) is 107 cm³/mol. The lowest BCUT2D eigenvalue weighted by atomic mass is 10.00. The van der Waals surface area contributed by atoms with Gasteiger partial charge in [0.2, 0.25) is 0 Å². The molecule has 2 aromatic rings. The summed E-state index contributed by atoms with van der Waals surface area (Å²) in [5, 5.41) is 3.60. The molecule has 1 aliphatic rings. The molecule has 1 aromatic heterocycles. The number of nitrogens with zero attached hydrogens (tertiary/aromatic N) is 1. The van der Waals surface area contributed by atoms with Gasteiger partial charge in [-0.3, -0.25) is 0 Å². The zero-order valence-corrected chi connectivity index (χ0v) is 16.2. The molecule has 3 N–H and O–H groups in total. The lowest BCUT2D eigenvalue weighted by Crippen LogP contribution is -2.23. The Balaban J connectivity index is 0.000000521. The molecule has 0 saturated carbocycles. The van der Waals surface area contributed by atoms with Crippen molar-refractivity contribution in [3.8, 4) is 10.4 Å². The van der Waals surface area contributed by atoms with Gasteiger partial charge in [-0.15, -0.1) is 11.3 Å². The van der Waals surface area contributed by atoms with E-state index in [1.165, 1.54) is 35.2 Å². The van der Waals surface area contributed by atoms with E-state index in [2.05, 4.69) is 60.7 Å². The van der Waals surface area contributed by atoms with Gasteiger partial charge in [-0.1, -0.05) is 51.6 Å². The first-order valence-electron chi connectivity index (χ1n) is 8.69. The molecule has 0 bridgehead atoms. The molecular weight excluding hydrogens is 314 g/mol. The Morgan fingerprint density at radius 3 is 2.42 bits per heavy atom. The number of benzene rings is 1. The molecule has 0 amide bonds. The molecule has 1 aromatic carbocycles. The van der Waals surface area contributed by atoms with E-state index in [0.717, 1.165) is 18.0 Å². The van der Waals surface area contributed by atoms with Crippen LogP contribution in [0.2, 0.25) is 0 Å². The maximum atomic E-state index is 4.61. The molecule has 24 heavy (non-hydrogen) atoms. The van der Waals surface area contributed by atoms with Gasteiger partial charge in [-0.25, -0.2) is 4.98 Å². The normalized spacial score (nSPS) is 18.8. The Morgan fingerprint density at radius 2 is 1.96 bits per heavy atom. The van der Waals surface area contributed by atoms with Crippen molar-refractivity contribution >= 4 is 11.3 Å². The summed E-state index contributed by atoms with van der Waals surface area (Å²) >= 11 is 1.72. The first kappa shape index (κ1) is 20.4. The summed E-state index contributed by atoms with van der Waals surface area (Å²) in [6.07, 6.45) is 3.70. The van der Waals surface area contributed by atoms with Crippen molar-refractivity contribution < 1.29 is 0 Å². The van der Waals surface area contributed by atoms with Crippen molar-refractivity contribution in [2.24, 2.45) is 11.7 Å². The Morgan fingerprint density at radius 1 is 1.33 bits per heavy atom. The minimum atomic E-state index is 0.658. The number of rotatable bonds is 3. The second-order valence-corrected chi connectivity index (χ2v) is 6.70. The summed E-state index contributed by atoms with van der Waals surface area (Å²) < 4.78 is 0. The number of thiazole rings is 1. The lowest BCUT2D eigenvalue weighted by molar-refractivity contribution is 0.581. The fourth-order valence-corrected chi connectivity index (χ4v) is 3.64. The summed E-state index contributed by atoms with van der Waals surface area (Å²) in [4.78, 5) is 5.61. The molecule has 0 radical (unpaired) electrons. The van der Waals surface area contributed by atoms with E-state index in [1.54, 1.807) is 11.3 Å². The predicted octanol–water partition coefficient (Wildman–Crippen LogP) is 4.77. The highest BCUT2D eigenvalue weighted by molar-refractivity contribution is 7.13. The Bertz CT molecular complexity index is 589. The number of hydrogen-bond donors (Lipinski definition) is 2. The van der Waals surface area contributed by atoms with Crippen LogP contribution < -0.4 is 11.1 Å². The molecule has 132 valence electrons. The van der Waals surface area contributed by atoms with Gasteiger partial charge in [0.05, 0.1) is 16.1 Å². The average molecular weight is 346 g/mol. The van der Waals surface area contributed by atoms with Crippen molar-refractivity contribution in [1.82, 2.24) is 10.3 Å². The molecule has 1 aliphatic heterocycles. The number of hydrogen-bond acceptors (Lipinski definition) is 4. The van der Waals surface area contributed by atoms with Crippen molar-refractivity contribution in [2.75, 3.05) is 6.54 Å². The number of aromatic nitrogens is 1. The molecule has 3 rings (SSSR count). The Kier molecular flexibility index (Phi) is 9.35. The summed E-state index contributed by atoms with van der Waals surface area (Å²) in [6, 6.07) is 9.65. The minimum Gasteiger partial charge on any atom is -0.405 e. The van der Waals surface area contributed by atoms with Crippen LogP contribution in [0.1, 0.15) is 38.4 Å². The summed E-state index contributed by atoms with van der Waals surface area (Å²) in [7, 11) is 0. The zero-order chi connectivity index (χ0) is 17.9. The molecule has 2 atom stereocenters. The van der Waals surface area contributed by atoms with Crippen molar-refractivity contribution in [2.45, 2.75) is 46.6 Å². The van der Waals surface area contributed by atoms with Crippen molar-refractivity contribution in [3.63, 3.8) is 0 Å². The van der Waals surface area contributed by atoms with E-state index in [4.69, 9.17) is 0 Å². The highest BCUT2D eigenvalue weighted by Gasteiger charge is 2.20. The second-order valence-electron chi connectivity index (χ2n) is 5.85. The van der Waals surface area contributed by atoms with Crippen molar-refractivity contribution in [1.29, 1.82) is 0 Å². The largest absolute Gasteiger partial charge is 0.405 e. The smallest absolute Gasteiger partial charge is 0.0801 e. The quantitative estimate of drug-likeness (QED) is 0.842. The van der Waals surface area contributed by atoms with Gasteiger partial charge >= 0.3 is 0 Å². The van der Waals surface area contributed by atoms with E-state index in [1.807, 2.05) is 19.4 Å². The number of nitrogens with one attached hydrogen (secondary N) is 1. The highest BCUT2D eigenvalue weighted by atomic mass is 32.1. The maximum Gasteiger partial charge on any atom is 0.0801 e. The summed E-state index contributed by atoms with van der Waals surface area (Å²) in [5.74, 6) is 0.823. The van der Waals surface area contributed by atoms with Crippen LogP contribution in [-0.2, 0) is 6.42 Å². The third-order valence-corrected chi connectivity index (χ3v) is 4.86. The number of aryl methyl sites for hydroxylation is 1. The van der Waals surface area contributed by atoms with Crippen LogP contribution in [0.3, 0.4) is 0 Å². The van der Waals surface area contributed by atoms with E-state index in [9.17, 15) is 0 Å². The molecule has 2 heterocycles. The summed E-state index contributed by atoms with van der Waals surface area (Å²) in [6.45, 7) is 12.7. The van der Waals surface area contributed by atoms with Crippen LogP contribution >= 0.6 is 11.3 Å². The highest BCUT2D eigenvalue weighted by Crippen LogP contribution is 2.27. The molecular formula is C20H31N3S. The molecule has 3 nitrogen and oxygen atoms in total. The van der Waals surface area contributed by atoms with Gasteiger partial charge in [0.25, 0.3) is 0 Å². The van der Waals surface area contributed by atoms with Crippen LogP contribution in [0.5, 0.6) is 0 Å². The molecule has 4 heteroatoms.